The Kier molecular flexibility index (Phi) is 13.0. The van der Waals surface area contributed by atoms with Crippen LogP contribution in [0.3, 0.4) is 0 Å². The predicted octanol–water partition coefficient (Wildman–Crippen LogP) is 6.75. The second-order valence-corrected chi connectivity index (χ2v) is 15.3. The molecule has 7 atom stereocenters. The lowest BCUT2D eigenvalue weighted by molar-refractivity contribution is -0.153. The zero-order valence-electron chi connectivity index (χ0n) is 32.5. The maximum atomic E-state index is 14.1. The van der Waals surface area contributed by atoms with Gasteiger partial charge in [-0.15, -0.1) is 0 Å². The van der Waals surface area contributed by atoms with Crippen molar-refractivity contribution in [1.82, 2.24) is 5.32 Å². The van der Waals surface area contributed by atoms with Crippen LogP contribution in [0.25, 0.3) is 5.57 Å². The molecule has 0 unspecified atom stereocenters. The van der Waals surface area contributed by atoms with E-state index < -0.39 is 59.6 Å². The number of halogens is 1. The Bertz CT molecular complexity index is 1880. The number of epoxide rings is 1. The second-order valence-electron chi connectivity index (χ2n) is 14.9. The van der Waals surface area contributed by atoms with Gasteiger partial charge in [0.2, 0.25) is 5.91 Å². The fourth-order valence-electron chi connectivity index (χ4n) is 7.30. The quantitative estimate of drug-likeness (QED) is 0.159. The van der Waals surface area contributed by atoms with Crippen molar-refractivity contribution in [2.45, 2.75) is 102 Å². The molecule has 13 heteroatoms. The zero-order valence-corrected chi connectivity index (χ0v) is 33.2. The lowest BCUT2D eigenvalue weighted by atomic mass is 9.83. The number of nitrogens with zero attached hydrogens (tertiary/aromatic N) is 1. The van der Waals surface area contributed by atoms with E-state index in [9.17, 15) is 24.3 Å². The molecule has 296 valence electrons. The van der Waals surface area contributed by atoms with Crippen LogP contribution in [0.15, 0.2) is 66.8 Å². The Labute approximate surface area is 327 Å². The highest BCUT2D eigenvalue weighted by molar-refractivity contribution is 6.35. The van der Waals surface area contributed by atoms with E-state index in [0.717, 1.165) is 22.3 Å². The van der Waals surface area contributed by atoms with E-state index >= 15 is 0 Å². The molecule has 2 saturated heterocycles. The summed E-state index contributed by atoms with van der Waals surface area (Å²) in [5, 5.41) is 14.5. The molecular weight excluding hydrogens is 728 g/mol. The molecule has 0 aliphatic carbocycles. The van der Waals surface area contributed by atoms with Crippen LogP contribution in [0, 0.1) is 5.92 Å². The molecule has 0 saturated carbocycles. The van der Waals surface area contributed by atoms with E-state index in [4.69, 9.17) is 35.3 Å². The first-order valence-corrected chi connectivity index (χ1v) is 18.7. The van der Waals surface area contributed by atoms with Crippen molar-refractivity contribution in [3.63, 3.8) is 0 Å². The molecule has 0 spiro atoms. The van der Waals surface area contributed by atoms with Gasteiger partial charge >= 0.3 is 12.1 Å². The number of carbonyl (C=O) groups excluding carboxylic acids is 4. The van der Waals surface area contributed by atoms with E-state index in [0.29, 0.717) is 23.4 Å². The molecule has 3 heterocycles. The fourth-order valence-corrected chi connectivity index (χ4v) is 7.61. The summed E-state index contributed by atoms with van der Waals surface area (Å²) in [4.78, 5) is 54.7. The number of anilines is 1. The van der Waals surface area contributed by atoms with E-state index in [1.54, 1.807) is 50.4 Å². The van der Waals surface area contributed by atoms with E-state index in [2.05, 4.69) is 11.9 Å². The average molecular weight is 779 g/mol. The minimum absolute atomic E-state index is 0.0401. The Morgan fingerprint density at radius 1 is 1.13 bits per heavy atom. The molecular formula is C42H51ClN2O10. The average Bonchev–Trinajstić information content (AvgIpc) is 3.84. The van der Waals surface area contributed by atoms with Crippen molar-refractivity contribution in [2.24, 2.45) is 5.92 Å². The van der Waals surface area contributed by atoms with Crippen LogP contribution in [0.4, 0.5) is 10.5 Å². The lowest BCUT2D eigenvalue weighted by Gasteiger charge is -2.42. The monoisotopic (exact) mass is 778 g/mol. The molecule has 55 heavy (non-hydrogen) atoms. The maximum absolute atomic E-state index is 14.1. The highest BCUT2D eigenvalue weighted by atomic mass is 35.5. The van der Waals surface area contributed by atoms with Crippen molar-refractivity contribution in [3.8, 4) is 5.75 Å². The Morgan fingerprint density at radius 2 is 1.82 bits per heavy atom. The third kappa shape index (κ3) is 9.49. The zero-order chi connectivity index (χ0) is 40.2. The van der Waals surface area contributed by atoms with Crippen molar-refractivity contribution in [2.75, 3.05) is 26.2 Å². The molecule has 2 amide bonds. The number of aliphatic hydroxyl groups is 1. The van der Waals surface area contributed by atoms with Crippen molar-refractivity contribution >= 4 is 46.6 Å². The van der Waals surface area contributed by atoms with Crippen LogP contribution >= 0.6 is 11.6 Å². The third-order valence-electron chi connectivity index (χ3n) is 10.7. The third-order valence-corrected chi connectivity index (χ3v) is 11.1. The molecule has 5 rings (SSSR count). The number of alkyl carbamates (subject to hydrolysis) is 1. The van der Waals surface area contributed by atoms with Gasteiger partial charge in [-0.25, -0.2) is 4.79 Å². The van der Waals surface area contributed by atoms with Crippen molar-refractivity contribution < 1.29 is 48.0 Å². The van der Waals surface area contributed by atoms with Crippen molar-refractivity contribution in [1.29, 1.82) is 0 Å². The van der Waals surface area contributed by atoms with Crippen LogP contribution in [0.1, 0.15) is 81.3 Å². The number of carbonyl (C=O) groups is 4. The first kappa shape index (κ1) is 41.7. The molecule has 2 N–H and O–H groups in total. The number of rotatable bonds is 9. The van der Waals surface area contributed by atoms with Crippen molar-refractivity contribution in [3.05, 3.63) is 88.5 Å². The largest absolute Gasteiger partial charge is 0.495 e. The molecule has 0 radical (unpaired) electrons. The SMILES string of the molecule is C=C(C)c1ccc(C(=O)CCCC(=O)O[C@H]2CC(=O)N(C)c3cc(cc(OC)c3Cl)C/C(C)=C/C=C/[C@@H](OC)[C@@]3(O)C[C@H](OC(=O)N3)[C@@H](C)[C@@H]3O[C@@]23C)cc1. The first-order chi connectivity index (χ1) is 26.0. The second kappa shape index (κ2) is 17.1. The fraction of sp³-hybridized carbons (Fsp3) is 0.476. The normalized spacial score (nSPS) is 29.8. The number of ketones is 1. The first-order valence-electron chi connectivity index (χ1n) is 18.4. The number of allylic oxidation sites excluding steroid dienone is 4. The number of benzene rings is 2. The van der Waals surface area contributed by atoms with Gasteiger partial charge in [0.25, 0.3) is 0 Å². The van der Waals surface area contributed by atoms with Gasteiger partial charge < -0.3 is 33.7 Å². The number of Topliss-reactive ketones (excluding diaryl/α,β-unsaturated/α-hetero) is 1. The van der Waals surface area contributed by atoms with Crippen LogP contribution in [0.2, 0.25) is 5.02 Å². The number of hydrogen-bond acceptors (Lipinski definition) is 10. The Balaban J connectivity index is 1.43. The number of esters is 1. The van der Waals surface area contributed by atoms with Gasteiger partial charge in [0, 0.05) is 44.9 Å². The summed E-state index contributed by atoms with van der Waals surface area (Å²) < 4.78 is 29.2. The Morgan fingerprint density at radius 3 is 2.47 bits per heavy atom. The molecule has 12 nitrogen and oxygen atoms in total. The highest BCUT2D eigenvalue weighted by Gasteiger charge is 2.64. The van der Waals surface area contributed by atoms with Crippen LogP contribution in [-0.4, -0.2) is 85.9 Å². The van der Waals surface area contributed by atoms with E-state index in [1.807, 2.05) is 39.0 Å². The number of fused-ring (bicyclic) bond motifs is 5. The number of methoxy groups -OCH3 is 2. The summed E-state index contributed by atoms with van der Waals surface area (Å²) in [7, 11) is 4.52. The van der Waals surface area contributed by atoms with Crippen LogP contribution in [-0.2, 0) is 35.0 Å². The van der Waals surface area contributed by atoms with Gasteiger partial charge in [-0.05, 0) is 56.9 Å². The van der Waals surface area contributed by atoms with E-state index in [1.165, 1.54) is 19.1 Å². The summed E-state index contributed by atoms with van der Waals surface area (Å²) in [6.45, 7) is 11.3. The van der Waals surface area contributed by atoms with Crippen LogP contribution in [0.5, 0.6) is 5.75 Å². The number of amides is 2. The number of hydrogen-bond donors (Lipinski definition) is 2. The smallest absolute Gasteiger partial charge is 0.409 e. The molecule has 2 aromatic carbocycles. The standard InChI is InChI=1S/C42H51ClN2O10/c1-24(2)28-15-17-29(18-16-28)31(46)12-10-14-37(48)54-35-22-36(47)45(6)30-20-27(21-32(51-7)38(30)43)19-25(3)11-9-13-34(52-8)42(50)23-33(53-40(49)44-42)26(4)39-41(35,5)55-39/h9,11,13,15-18,20-21,26,33-35,39,50H,1,10,12,14,19,22-23H2,2-8H3,(H,44,49)/b13-9+,25-11+/t26-,33+,34-,35+,39+,41+,42+/m1/s1. The van der Waals surface area contributed by atoms with E-state index in [-0.39, 0.29) is 42.9 Å². The van der Waals surface area contributed by atoms with Gasteiger partial charge in [-0.2, -0.15) is 0 Å². The Hall–Kier alpha value is -4.49. The molecule has 2 fully saturated rings. The van der Waals surface area contributed by atoms with Gasteiger partial charge in [0.05, 0.1) is 25.3 Å². The van der Waals surface area contributed by atoms with Gasteiger partial charge in [0.15, 0.2) is 11.5 Å². The topological polar surface area (TPSA) is 153 Å². The molecule has 0 aromatic heterocycles. The van der Waals surface area contributed by atoms with Gasteiger partial charge in [-0.1, -0.05) is 78.7 Å². The predicted molar refractivity (Wildman–Crippen MR) is 208 cm³/mol. The maximum Gasteiger partial charge on any atom is 0.409 e. The summed E-state index contributed by atoms with van der Waals surface area (Å²) in [6.07, 6.45) is 1.40. The van der Waals surface area contributed by atoms with Gasteiger partial charge in [0.1, 0.15) is 34.7 Å². The summed E-state index contributed by atoms with van der Waals surface area (Å²) in [5.74, 6) is -1.25. The minimum atomic E-state index is -1.82. The summed E-state index contributed by atoms with van der Waals surface area (Å²) in [6, 6.07) is 10.8. The number of nitrogens with one attached hydrogen (secondary N) is 1. The molecule has 4 bridgehead atoms. The number of ether oxygens (including phenoxy) is 5. The minimum Gasteiger partial charge on any atom is -0.495 e. The highest BCUT2D eigenvalue weighted by Crippen LogP contribution is 2.49. The molecule has 3 aliphatic rings. The van der Waals surface area contributed by atoms with Crippen LogP contribution < -0.4 is 15.0 Å². The molecule has 2 aromatic rings. The molecule has 3 aliphatic heterocycles. The van der Waals surface area contributed by atoms with Gasteiger partial charge in [-0.3, -0.25) is 19.7 Å². The lowest BCUT2D eigenvalue weighted by Crippen LogP contribution is -2.63. The summed E-state index contributed by atoms with van der Waals surface area (Å²) >= 11 is 6.76. The summed E-state index contributed by atoms with van der Waals surface area (Å²) in [5.41, 5.74) is 1.52.